The van der Waals surface area contributed by atoms with Crippen LogP contribution in [0.3, 0.4) is 0 Å². The molecule has 0 spiro atoms. The molecule has 2 heterocycles. The molecule has 0 bridgehead atoms. The summed E-state index contributed by atoms with van der Waals surface area (Å²) in [6.45, 7) is 0. The van der Waals surface area contributed by atoms with Crippen molar-refractivity contribution in [1.82, 2.24) is 23.9 Å². The number of anilines is 1. The summed E-state index contributed by atoms with van der Waals surface area (Å²) in [5.74, 6) is 0.112. The number of benzene rings is 1. The van der Waals surface area contributed by atoms with Gasteiger partial charge in [-0.05, 0) is 5.56 Å². The molecule has 28 heavy (non-hydrogen) atoms. The van der Waals surface area contributed by atoms with Gasteiger partial charge in [0.2, 0.25) is 0 Å². The van der Waals surface area contributed by atoms with Crippen LogP contribution in [0.1, 0.15) is 21.7 Å². The molecule has 0 aliphatic heterocycles. The fourth-order valence-electron chi connectivity index (χ4n) is 2.73. The van der Waals surface area contributed by atoms with Gasteiger partial charge in [0.1, 0.15) is 17.2 Å². The lowest BCUT2D eigenvalue weighted by Gasteiger charge is -2.10. The van der Waals surface area contributed by atoms with E-state index in [1.807, 2.05) is 41.9 Å². The molecule has 146 valence electrons. The Morgan fingerprint density at radius 3 is 2.39 bits per heavy atom. The summed E-state index contributed by atoms with van der Waals surface area (Å²) in [4.78, 5) is 36.8. The van der Waals surface area contributed by atoms with Gasteiger partial charge in [-0.3, -0.25) is 18.7 Å². The minimum atomic E-state index is -0.700. The lowest BCUT2D eigenvalue weighted by molar-refractivity contribution is 0.102. The minimum Gasteiger partial charge on any atom is -0.384 e. The minimum absolute atomic E-state index is 0.0467. The Morgan fingerprint density at radius 1 is 1.04 bits per heavy atom. The Balaban J connectivity index is 1.78. The third kappa shape index (κ3) is 3.63. The van der Waals surface area contributed by atoms with Gasteiger partial charge in [0.15, 0.2) is 10.9 Å². The Hall–Kier alpha value is -3.14. The van der Waals surface area contributed by atoms with Gasteiger partial charge < -0.3 is 10.3 Å². The average Bonchev–Trinajstić information content (AvgIpc) is 3.03. The van der Waals surface area contributed by atoms with E-state index in [1.54, 1.807) is 0 Å². The van der Waals surface area contributed by atoms with E-state index in [1.165, 1.54) is 14.1 Å². The number of ketones is 1. The van der Waals surface area contributed by atoms with Gasteiger partial charge >= 0.3 is 5.69 Å². The number of aromatic nitrogens is 5. The van der Waals surface area contributed by atoms with Crippen LogP contribution in [0.15, 0.2) is 45.1 Å². The number of nitrogens with two attached hydrogens (primary N) is 1. The molecule has 9 nitrogen and oxygen atoms in total. The van der Waals surface area contributed by atoms with Crippen LogP contribution in [-0.4, -0.2) is 35.4 Å². The lowest BCUT2D eigenvalue weighted by Crippen LogP contribution is -2.41. The zero-order valence-electron chi connectivity index (χ0n) is 15.7. The van der Waals surface area contributed by atoms with E-state index in [2.05, 4.69) is 10.2 Å². The second-order valence-corrected chi connectivity index (χ2v) is 7.24. The van der Waals surface area contributed by atoms with Crippen molar-refractivity contribution in [3.8, 4) is 0 Å². The summed E-state index contributed by atoms with van der Waals surface area (Å²) in [6.07, 6.45) is 0.618. The lowest BCUT2D eigenvalue weighted by atomic mass is 10.1. The monoisotopic (exact) mass is 400 g/mol. The van der Waals surface area contributed by atoms with Crippen LogP contribution in [-0.2, 0) is 27.6 Å². The van der Waals surface area contributed by atoms with Crippen LogP contribution >= 0.6 is 11.8 Å². The largest absolute Gasteiger partial charge is 0.384 e. The molecule has 0 radical (unpaired) electrons. The van der Waals surface area contributed by atoms with Gasteiger partial charge in [-0.2, -0.15) is 0 Å². The number of carbonyl (C=O) groups excluding carboxylic acids is 1. The number of thioether (sulfide) groups is 1. The molecule has 0 fully saturated rings. The predicted octanol–water partition coefficient (Wildman–Crippen LogP) is 0.361. The van der Waals surface area contributed by atoms with E-state index >= 15 is 0 Å². The number of nitrogen functional groups attached to an aromatic ring is 1. The number of nitrogens with zero attached hydrogens (tertiary/aromatic N) is 5. The normalized spacial score (nSPS) is 11.0. The van der Waals surface area contributed by atoms with Crippen LogP contribution in [0.2, 0.25) is 0 Å². The van der Waals surface area contributed by atoms with Crippen LogP contribution in [0.25, 0.3) is 0 Å². The average molecular weight is 400 g/mol. The molecule has 2 aromatic heterocycles. The molecule has 3 aromatic rings. The van der Waals surface area contributed by atoms with Crippen molar-refractivity contribution < 1.29 is 4.79 Å². The number of carbonyl (C=O) groups is 1. The highest BCUT2D eigenvalue weighted by Gasteiger charge is 2.21. The topological polar surface area (TPSA) is 118 Å². The van der Waals surface area contributed by atoms with Crippen molar-refractivity contribution >= 4 is 23.4 Å². The van der Waals surface area contributed by atoms with E-state index in [9.17, 15) is 14.4 Å². The number of rotatable bonds is 6. The zero-order valence-corrected chi connectivity index (χ0v) is 16.6. The summed E-state index contributed by atoms with van der Waals surface area (Å²) in [5, 5.41) is 8.86. The summed E-state index contributed by atoms with van der Waals surface area (Å²) in [7, 11) is 4.55. The molecule has 3 rings (SSSR count). The molecular weight excluding hydrogens is 380 g/mol. The summed E-state index contributed by atoms with van der Waals surface area (Å²) < 4.78 is 3.77. The van der Waals surface area contributed by atoms with E-state index in [-0.39, 0.29) is 17.1 Å². The van der Waals surface area contributed by atoms with Gasteiger partial charge in [0.25, 0.3) is 5.56 Å². The third-order valence-corrected chi connectivity index (χ3v) is 5.47. The van der Waals surface area contributed by atoms with Crippen LogP contribution < -0.4 is 17.0 Å². The molecule has 0 saturated heterocycles. The molecule has 0 aliphatic rings. The van der Waals surface area contributed by atoms with E-state index in [0.717, 1.165) is 32.3 Å². The van der Waals surface area contributed by atoms with Crippen LogP contribution in [0.4, 0.5) is 5.82 Å². The van der Waals surface area contributed by atoms with Gasteiger partial charge in [-0.25, -0.2) is 4.79 Å². The van der Waals surface area contributed by atoms with Crippen molar-refractivity contribution in [1.29, 1.82) is 0 Å². The Labute approximate surface area is 164 Å². The highest BCUT2D eigenvalue weighted by Crippen LogP contribution is 2.19. The first-order chi connectivity index (χ1) is 13.3. The van der Waals surface area contributed by atoms with E-state index in [4.69, 9.17) is 5.73 Å². The van der Waals surface area contributed by atoms with Gasteiger partial charge in [-0.1, -0.05) is 42.1 Å². The third-order valence-electron chi connectivity index (χ3n) is 4.45. The maximum atomic E-state index is 12.6. The van der Waals surface area contributed by atoms with Crippen molar-refractivity contribution in [3.63, 3.8) is 0 Å². The van der Waals surface area contributed by atoms with Crippen molar-refractivity contribution in [3.05, 3.63) is 68.1 Å². The fourth-order valence-corrected chi connectivity index (χ4v) is 3.53. The van der Waals surface area contributed by atoms with Gasteiger partial charge in [0.05, 0.1) is 5.75 Å². The highest BCUT2D eigenvalue weighted by atomic mass is 32.2. The number of Topliss-reactive ketones (excluding diaryl/α,β-unsaturated/α-hetero) is 1. The van der Waals surface area contributed by atoms with Crippen molar-refractivity contribution in [2.75, 3.05) is 11.5 Å². The summed E-state index contributed by atoms with van der Waals surface area (Å²) in [5.41, 5.74) is 5.46. The molecule has 10 heteroatoms. The predicted molar refractivity (Wildman–Crippen MR) is 107 cm³/mol. The SMILES string of the molecule is Cn1c(Cc2ccccc2)nnc1SCC(=O)c1c(N)n(C)c(=O)n(C)c1=O. The van der Waals surface area contributed by atoms with Crippen LogP contribution in [0.5, 0.6) is 0 Å². The Bertz CT molecular complexity index is 1150. The molecular formula is C18H20N6O3S. The first kappa shape index (κ1) is 19.6. The molecule has 0 atom stereocenters. The van der Waals surface area contributed by atoms with Crippen LogP contribution in [0, 0.1) is 0 Å². The molecule has 2 N–H and O–H groups in total. The maximum Gasteiger partial charge on any atom is 0.332 e. The fraction of sp³-hybridized carbons (Fsp3) is 0.278. The second-order valence-electron chi connectivity index (χ2n) is 6.30. The van der Waals surface area contributed by atoms with E-state index < -0.39 is 17.0 Å². The molecule has 0 aliphatic carbocycles. The summed E-state index contributed by atoms with van der Waals surface area (Å²) >= 11 is 1.16. The Kier molecular flexibility index (Phi) is 5.50. The zero-order chi connectivity index (χ0) is 20.4. The smallest absolute Gasteiger partial charge is 0.332 e. The number of hydrogen-bond acceptors (Lipinski definition) is 7. The standard InChI is InChI=1S/C18H20N6O3S/c1-22-13(9-11-7-5-4-6-8-11)20-21-17(22)28-10-12(25)14-15(19)23(2)18(27)24(3)16(14)26/h4-8H,9-10,19H2,1-3H3. The van der Waals surface area contributed by atoms with Crippen molar-refractivity contribution in [2.45, 2.75) is 11.6 Å². The Morgan fingerprint density at radius 2 is 1.71 bits per heavy atom. The summed E-state index contributed by atoms with van der Waals surface area (Å²) in [6, 6.07) is 9.87. The quantitative estimate of drug-likeness (QED) is 0.469. The maximum absolute atomic E-state index is 12.6. The van der Waals surface area contributed by atoms with Crippen molar-refractivity contribution in [2.24, 2.45) is 21.1 Å². The highest BCUT2D eigenvalue weighted by molar-refractivity contribution is 7.99. The second kappa shape index (κ2) is 7.85. The van der Waals surface area contributed by atoms with E-state index in [0.29, 0.717) is 11.6 Å². The number of hydrogen-bond donors (Lipinski definition) is 1. The first-order valence-electron chi connectivity index (χ1n) is 8.45. The molecule has 0 amide bonds. The first-order valence-corrected chi connectivity index (χ1v) is 9.43. The molecule has 0 unspecified atom stereocenters. The molecule has 1 aromatic carbocycles. The van der Waals surface area contributed by atoms with Gasteiger partial charge in [-0.15, -0.1) is 10.2 Å². The van der Waals surface area contributed by atoms with Gasteiger partial charge in [0, 0.05) is 27.6 Å². The molecule has 0 saturated carbocycles.